The summed E-state index contributed by atoms with van der Waals surface area (Å²) in [6.07, 6.45) is 2.67. The van der Waals surface area contributed by atoms with Crippen LogP contribution in [0.5, 0.6) is 11.5 Å². The molecule has 4 rings (SSSR count). The zero-order chi connectivity index (χ0) is 19.7. The molecule has 0 spiro atoms. The number of carbonyl (C=O) groups excluding carboxylic acids is 1. The highest BCUT2D eigenvalue weighted by Crippen LogP contribution is 2.30. The smallest absolute Gasteiger partial charge is 0.291 e. The van der Waals surface area contributed by atoms with Crippen molar-refractivity contribution in [3.05, 3.63) is 58.6 Å². The second kappa shape index (κ2) is 7.38. The summed E-state index contributed by atoms with van der Waals surface area (Å²) in [4.78, 5) is 18.6. The fourth-order valence-corrected chi connectivity index (χ4v) is 3.51. The number of carbonyl (C=O) groups is 1. The first-order valence-electron chi connectivity index (χ1n) is 9.06. The zero-order valence-electron chi connectivity index (χ0n) is 16.1. The maximum atomic E-state index is 12.8. The lowest BCUT2D eigenvalue weighted by molar-refractivity contribution is 0.0700. The minimum absolute atomic E-state index is 0.140. The molecule has 2 aromatic heterocycles. The Kier molecular flexibility index (Phi) is 4.77. The molecule has 3 heterocycles. The average molecular weight is 382 g/mol. The van der Waals surface area contributed by atoms with E-state index in [-0.39, 0.29) is 5.91 Å². The molecule has 0 unspecified atom stereocenters. The Labute approximate surface area is 162 Å². The van der Waals surface area contributed by atoms with Gasteiger partial charge in [-0.05, 0) is 24.6 Å². The van der Waals surface area contributed by atoms with E-state index in [1.54, 1.807) is 26.0 Å². The summed E-state index contributed by atoms with van der Waals surface area (Å²) >= 11 is 0. The Morgan fingerprint density at radius 1 is 1.29 bits per heavy atom. The lowest BCUT2D eigenvalue weighted by atomic mass is 10.0. The van der Waals surface area contributed by atoms with Gasteiger partial charge in [-0.15, -0.1) is 0 Å². The third-order valence-corrected chi connectivity index (χ3v) is 5.07. The van der Waals surface area contributed by atoms with E-state index in [4.69, 9.17) is 13.9 Å². The molecule has 0 bridgehead atoms. The van der Waals surface area contributed by atoms with E-state index in [0.717, 1.165) is 28.9 Å². The van der Waals surface area contributed by atoms with Crippen molar-refractivity contribution in [2.45, 2.75) is 26.3 Å². The predicted octanol–water partition coefficient (Wildman–Crippen LogP) is 2.51. The van der Waals surface area contributed by atoms with E-state index in [9.17, 15) is 4.79 Å². The third kappa shape index (κ3) is 3.21. The average Bonchev–Trinajstić information content (AvgIpc) is 3.33. The molecule has 8 heteroatoms. The molecule has 0 fully saturated rings. The minimum Gasteiger partial charge on any atom is -0.493 e. The highest BCUT2D eigenvalue weighted by molar-refractivity contribution is 5.92. The van der Waals surface area contributed by atoms with Crippen molar-refractivity contribution in [3.8, 4) is 11.5 Å². The van der Waals surface area contributed by atoms with Crippen LogP contribution in [0.2, 0.25) is 0 Å². The Morgan fingerprint density at radius 2 is 2.11 bits per heavy atom. The van der Waals surface area contributed by atoms with Gasteiger partial charge in [0, 0.05) is 37.2 Å². The monoisotopic (exact) mass is 382 g/mol. The van der Waals surface area contributed by atoms with Gasteiger partial charge in [-0.3, -0.25) is 9.89 Å². The minimum atomic E-state index is -0.140. The molecule has 0 atom stereocenters. The molecule has 0 radical (unpaired) electrons. The summed E-state index contributed by atoms with van der Waals surface area (Å²) in [6, 6.07) is 5.82. The molecule has 1 aromatic carbocycles. The number of rotatable bonds is 5. The van der Waals surface area contributed by atoms with Crippen LogP contribution in [-0.4, -0.2) is 46.8 Å². The third-order valence-electron chi connectivity index (χ3n) is 5.07. The molecule has 8 nitrogen and oxygen atoms in total. The van der Waals surface area contributed by atoms with Crippen LogP contribution in [0.4, 0.5) is 0 Å². The predicted molar refractivity (Wildman–Crippen MR) is 101 cm³/mol. The Balaban J connectivity index is 1.56. The number of benzene rings is 1. The van der Waals surface area contributed by atoms with Crippen LogP contribution in [-0.2, 0) is 19.4 Å². The Morgan fingerprint density at radius 3 is 2.82 bits per heavy atom. The van der Waals surface area contributed by atoms with Crippen molar-refractivity contribution in [3.63, 3.8) is 0 Å². The van der Waals surface area contributed by atoms with E-state index in [0.29, 0.717) is 42.5 Å². The molecule has 1 aliphatic heterocycles. The number of nitrogens with zero attached hydrogens (tertiary/aromatic N) is 3. The second-order valence-electron chi connectivity index (χ2n) is 6.74. The Hall–Kier alpha value is -3.29. The van der Waals surface area contributed by atoms with Gasteiger partial charge in [0.2, 0.25) is 5.76 Å². The number of ether oxygens (including phenoxy) is 2. The van der Waals surface area contributed by atoms with E-state index in [1.165, 1.54) is 6.39 Å². The van der Waals surface area contributed by atoms with Crippen molar-refractivity contribution in [2.75, 3.05) is 20.8 Å². The number of fused-ring (bicyclic) bond motifs is 1. The first kappa shape index (κ1) is 18.1. The van der Waals surface area contributed by atoms with Crippen LogP contribution in [0, 0.1) is 6.92 Å². The van der Waals surface area contributed by atoms with Crippen molar-refractivity contribution in [1.29, 1.82) is 0 Å². The number of hydrogen-bond donors (Lipinski definition) is 1. The van der Waals surface area contributed by atoms with Gasteiger partial charge in [0.05, 0.1) is 25.6 Å². The molecule has 1 amide bonds. The summed E-state index contributed by atoms with van der Waals surface area (Å²) in [7, 11) is 3.23. The van der Waals surface area contributed by atoms with E-state index in [2.05, 4.69) is 15.2 Å². The highest BCUT2D eigenvalue weighted by Gasteiger charge is 2.28. The van der Waals surface area contributed by atoms with Crippen LogP contribution in [0.1, 0.15) is 38.8 Å². The SMILES string of the molecule is COc1ccc(Cc2n[nH]c3c2CN(C(=O)c2ocnc2C)CC3)cc1OC. The van der Waals surface area contributed by atoms with Crippen LogP contribution >= 0.6 is 0 Å². The molecule has 0 saturated heterocycles. The van der Waals surface area contributed by atoms with Gasteiger partial charge in [-0.1, -0.05) is 6.07 Å². The van der Waals surface area contributed by atoms with Crippen LogP contribution < -0.4 is 9.47 Å². The maximum absolute atomic E-state index is 12.8. The van der Waals surface area contributed by atoms with Crippen molar-refractivity contribution >= 4 is 5.91 Å². The van der Waals surface area contributed by atoms with Gasteiger partial charge in [0.15, 0.2) is 17.9 Å². The van der Waals surface area contributed by atoms with E-state index < -0.39 is 0 Å². The zero-order valence-corrected chi connectivity index (χ0v) is 16.1. The number of H-pyrrole nitrogens is 1. The van der Waals surface area contributed by atoms with Crippen molar-refractivity contribution in [1.82, 2.24) is 20.1 Å². The molecule has 146 valence electrons. The quantitative estimate of drug-likeness (QED) is 0.729. The number of amides is 1. The molecule has 3 aromatic rings. The van der Waals surface area contributed by atoms with Gasteiger partial charge >= 0.3 is 0 Å². The summed E-state index contributed by atoms with van der Waals surface area (Å²) in [6.45, 7) is 2.88. The number of aromatic amines is 1. The van der Waals surface area contributed by atoms with E-state index in [1.807, 2.05) is 18.2 Å². The molecular formula is C20H22N4O4. The lowest BCUT2D eigenvalue weighted by Crippen LogP contribution is -2.36. The maximum Gasteiger partial charge on any atom is 0.291 e. The fourth-order valence-electron chi connectivity index (χ4n) is 3.51. The first-order valence-corrected chi connectivity index (χ1v) is 9.06. The largest absolute Gasteiger partial charge is 0.493 e. The fraction of sp³-hybridized carbons (Fsp3) is 0.350. The number of methoxy groups -OCH3 is 2. The molecule has 28 heavy (non-hydrogen) atoms. The number of hydrogen-bond acceptors (Lipinski definition) is 6. The van der Waals surface area contributed by atoms with Gasteiger partial charge in [-0.2, -0.15) is 5.10 Å². The van der Waals surface area contributed by atoms with E-state index >= 15 is 0 Å². The van der Waals surface area contributed by atoms with Crippen LogP contribution in [0.3, 0.4) is 0 Å². The summed E-state index contributed by atoms with van der Waals surface area (Å²) < 4.78 is 16.0. The van der Waals surface area contributed by atoms with Gasteiger partial charge in [0.1, 0.15) is 0 Å². The van der Waals surface area contributed by atoms with Crippen LogP contribution in [0.15, 0.2) is 29.0 Å². The molecule has 0 saturated carbocycles. The number of nitrogens with one attached hydrogen (secondary N) is 1. The van der Waals surface area contributed by atoms with Gasteiger partial charge in [-0.25, -0.2) is 4.98 Å². The number of oxazole rings is 1. The first-order chi connectivity index (χ1) is 13.6. The molecule has 1 aliphatic rings. The summed E-state index contributed by atoms with van der Waals surface area (Å²) in [5.41, 5.74) is 4.73. The summed E-state index contributed by atoms with van der Waals surface area (Å²) in [5.74, 6) is 1.53. The lowest BCUT2D eigenvalue weighted by Gasteiger charge is -2.26. The van der Waals surface area contributed by atoms with Crippen LogP contribution in [0.25, 0.3) is 0 Å². The second-order valence-corrected chi connectivity index (χ2v) is 6.74. The van der Waals surface area contributed by atoms with Crippen molar-refractivity contribution in [2.24, 2.45) is 0 Å². The summed E-state index contributed by atoms with van der Waals surface area (Å²) in [5, 5.41) is 7.62. The van der Waals surface area contributed by atoms with Gasteiger partial charge in [0.25, 0.3) is 5.91 Å². The molecule has 1 N–H and O–H groups in total. The van der Waals surface area contributed by atoms with Crippen molar-refractivity contribution < 1.29 is 18.7 Å². The molecular weight excluding hydrogens is 360 g/mol. The highest BCUT2D eigenvalue weighted by atomic mass is 16.5. The topological polar surface area (TPSA) is 93.5 Å². The standard InChI is InChI=1S/C20H22N4O4/c1-12-19(28-11-21-12)20(25)24-7-6-15-14(10-24)16(23-22-15)8-13-4-5-17(26-2)18(9-13)27-3/h4-5,9,11H,6-8,10H2,1-3H3,(H,22,23). The number of aryl methyl sites for hydroxylation is 1. The molecule has 0 aliphatic carbocycles. The normalized spacial score (nSPS) is 13.3. The number of aromatic nitrogens is 3. The Bertz CT molecular complexity index is 1010. The van der Waals surface area contributed by atoms with Gasteiger partial charge < -0.3 is 18.8 Å².